The largest absolute Gasteiger partial charge is 0.461 e. The standard InChI is InChI=1S/C15H16O3/c16-13-8-4-7-11-12(9-14(17)18-15(11)13)10-5-2-1-3-6-10/h1-3,5-6,12,14,17H,4,7-9H2. The van der Waals surface area contributed by atoms with E-state index in [9.17, 15) is 9.90 Å². The Hall–Kier alpha value is -1.61. The molecule has 2 atom stereocenters. The number of ether oxygens (including phenoxy) is 1. The van der Waals surface area contributed by atoms with Crippen molar-refractivity contribution in [3.05, 3.63) is 47.2 Å². The molecule has 0 aromatic heterocycles. The minimum absolute atomic E-state index is 0.0379. The third-order valence-corrected chi connectivity index (χ3v) is 3.71. The van der Waals surface area contributed by atoms with Crippen LogP contribution in [0.15, 0.2) is 41.7 Å². The Morgan fingerprint density at radius 1 is 1.17 bits per heavy atom. The van der Waals surface area contributed by atoms with Crippen molar-refractivity contribution >= 4 is 5.78 Å². The zero-order valence-corrected chi connectivity index (χ0v) is 10.1. The second kappa shape index (κ2) is 4.58. The minimum Gasteiger partial charge on any atom is -0.461 e. The second-order valence-corrected chi connectivity index (χ2v) is 4.90. The summed E-state index contributed by atoms with van der Waals surface area (Å²) in [6.45, 7) is 0. The summed E-state index contributed by atoms with van der Waals surface area (Å²) < 4.78 is 5.34. The Balaban J connectivity index is 2.03. The summed E-state index contributed by atoms with van der Waals surface area (Å²) in [6.07, 6.45) is 1.99. The van der Waals surface area contributed by atoms with Gasteiger partial charge < -0.3 is 9.84 Å². The lowest BCUT2D eigenvalue weighted by Gasteiger charge is -2.34. The van der Waals surface area contributed by atoms with E-state index in [4.69, 9.17) is 4.74 Å². The van der Waals surface area contributed by atoms with E-state index in [2.05, 4.69) is 0 Å². The predicted octanol–water partition coefficient (Wildman–Crippen LogP) is 2.52. The highest BCUT2D eigenvalue weighted by molar-refractivity contribution is 5.95. The first kappa shape index (κ1) is 11.5. The molecule has 3 heteroatoms. The van der Waals surface area contributed by atoms with Crippen molar-refractivity contribution in [1.82, 2.24) is 0 Å². The zero-order chi connectivity index (χ0) is 12.5. The summed E-state index contributed by atoms with van der Waals surface area (Å²) >= 11 is 0. The Bertz CT molecular complexity index is 490. The fourth-order valence-corrected chi connectivity index (χ4v) is 2.87. The van der Waals surface area contributed by atoms with Crippen molar-refractivity contribution in [2.75, 3.05) is 0 Å². The molecule has 1 aliphatic heterocycles. The molecule has 1 aromatic rings. The van der Waals surface area contributed by atoms with Gasteiger partial charge in [0.1, 0.15) is 0 Å². The Morgan fingerprint density at radius 2 is 1.94 bits per heavy atom. The summed E-state index contributed by atoms with van der Waals surface area (Å²) in [5, 5.41) is 9.79. The molecule has 2 aliphatic rings. The molecule has 0 amide bonds. The molecule has 0 bridgehead atoms. The highest BCUT2D eigenvalue weighted by Crippen LogP contribution is 2.41. The lowest BCUT2D eigenvalue weighted by molar-refractivity contribution is -0.132. The fourth-order valence-electron chi connectivity index (χ4n) is 2.87. The van der Waals surface area contributed by atoms with Crippen LogP contribution in [0.1, 0.15) is 37.2 Å². The average Bonchev–Trinajstić information content (AvgIpc) is 2.40. The number of hydrogen-bond acceptors (Lipinski definition) is 3. The lowest BCUT2D eigenvalue weighted by atomic mass is 9.80. The van der Waals surface area contributed by atoms with Crippen molar-refractivity contribution < 1.29 is 14.6 Å². The maximum absolute atomic E-state index is 11.9. The van der Waals surface area contributed by atoms with Gasteiger partial charge in [-0.25, -0.2) is 0 Å². The lowest BCUT2D eigenvalue weighted by Crippen LogP contribution is -2.29. The van der Waals surface area contributed by atoms with Crippen LogP contribution in [0.4, 0.5) is 0 Å². The van der Waals surface area contributed by atoms with Gasteiger partial charge in [-0.05, 0) is 24.0 Å². The summed E-state index contributed by atoms with van der Waals surface area (Å²) in [4.78, 5) is 11.9. The van der Waals surface area contributed by atoms with Crippen LogP contribution in [0, 0.1) is 0 Å². The summed E-state index contributed by atoms with van der Waals surface area (Å²) in [5.74, 6) is 0.582. The van der Waals surface area contributed by atoms with Crippen molar-refractivity contribution in [2.45, 2.75) is 37.9 Å². The van der Waals surface area contributed by atoms with E-state index < -0.39 is 6.29 Å². The normalized spacial score (nSPS) is 27.7. The van der Waals surface area contributed by atoms with Gasteiger partial charge in [-0.1, -0.05) is 30.3 Å². The van der Waals surface area contributed by atoms with Crippen LogP contribution in [0.5, 0.6) is 0 Å². The third kappa shape index (κ3) is 1.95. The maximum atomic E-state index is 11.9. The Kier molecular flexibility index (Phi) is 2.92. The number of rotatable bonds is 1. The maximum Gasteiger partial charge on any atom is 0.198 e. The van der Waals surface area contributed by atoms with Gasteiger partial charge in [-0.3, -0.25) is 4.79 Å². The molecule has 0 fully saturated rings. The minimum atomic E-state index is -0.865. The Morgan fingerprint density at radius 3 is 2.72 bits per heavy atom. The first-order valence-electron chi connectivity index (χ1n) is 6.41. The molecule has 18 heavy (non-hydrogen) atoms. The third-order valence-electron chi connectivity index (χ3n) is 3.71. The SMILES string of the molecule is O=C1CCCC2=C1OC(O)CC2c1ccccc1. The highest BCUT2D eigenvalue weighted by Gasteiger charge is 2.35. The van der Waals surface area contributed by atoms with E-state index in [-0.39, 0.29) is 11.7 Å². The monoisotopic (exact) mass is 244 g/mol. The van der Waals surface area contributed by atoms with Gasteiger partial charge in [-0.2, -0.15) is 0 Å². The van der Waals surface area contributed by atoms with Crippen LogP contribution in [0.25, 0.3) is 0 Å². The quantitative estimate of drug-likeness (QED) is 0.825. The molecule has 3 nitrogen and oxygen atoms in total. The van der Waals surface area contributed by atoms with Crippen molar-refractivity contribution in [3.8, 4) is 0 Å². The molecule has 0 saturated carbocycles. The molecular weight excluding hydrogens is 228 g/mol. The number of carbonyl (C=O) groups excluding carboxylic acids is 1. The van der Waals surface area contributed by atoms with Crippen LogP contribution in [-0.2, 0) is 9.53 Å². The van der Waals surface area contributed by atoms with Gasteiger partial charge in [0.15, 0.2) is 17.8 Å². The summed E-state index contributed by atoms with van der Waals surface area (Å²) in [6, 6.07) is 10.0. The summed E-state index contributed by atoms with van der Waals surface area (Å²) in [5.41, 5.74) is 2.23. The topological polar surface area (TPSA) is 46.5 Å². The number of aliphatic hydroxyl groups excluding tert-OH is 1. The first-order valence-corrected chi connectivity index (χ1v) is 6.41. The molecule has 2 unspecified atom stereocenters. The molecule has 0 radical (unpaired) electrons. The molecule has 1 aliphatic carbocycles. The zero-order valence-electron chi connectivity index (χ0n) is 10.1. The number of benzene rings is 1. The van der Waals surface area contributed by atoms with E-state index in [1.54, 1.807) is 0 Å². The number of carbonyl (C=O) groups is 1. The molecule has 1 heterocycles. The second-order valence-electron chi connectivity index (χ2n) is 4.90. The number of ketones is 1. The van der Waals surface area contributed by atoms with Crippen LogP contribution in [0.2, 0.25) is 0 Å². The van der Waals surface area contributed by atoms with E-state index in [1.807, 2.05) is 30.3 Å². The predicted molar refractivity (Wildman–Crippen MR) is 66.8 cm³/mol. The van der Waals surface area contributed by atoms with Gasteiger partial charge in [0.25, 0.3) is 0 Å². The van der Waals surface area contributed by atoms with Crippen LogP contribution < -0.4 is 0 Å². The van der Waals surface area contributed by atoms with E-state index in [1.165, 1.54) is 0 Å². The van der Waals surface area contributed by atoms with Gasteiger partial charge in [0, 0.05) is 18.8 Å². The average molecular weight is 244 g/mol. The van der Waals surface area contributed by atoms with Gasteiger partial charge >= 0.3 is 0 Å². The summed E-state index contributed by atoms with van der Waals surface area (Å²) in [7, 11) is 0. The molecule has 1 N–H and O–H groups in total. The molecule has 0 spiro atoms. The number of aliphatic hydroxyl groups is 1. The van der Waals surface area contributed by atoms with E-state index in [0.717, 1.165) is 24.0 Å². The van der Waals surface area contributed by atoms with Crippen LogP contribution in [0.3, 0.4) is 0 Å². The van der Waals surface area contributed by atoms with E-state index in [0.29, 0.717) is 18.6 Å². The van der Waals surface area contributed by atoms with Crippen molar-refractivity contribution in [2.24, 2.45) is 0 Å². The van der Waals surface area contributed by atoms with Gasteiger partial charge in [0.2, 0.25) is 0 Å². The molecule has 3 rings (SSSR count). The van der Waals surface area contributed by atoms with Gasteiger partial charge in [0.05, 0.1) is 0 Å². The van der Waals surface area contributed by atoms with Crippen LogP contribution >= 0.6 is 0 Å². The van der Waals surface area contributed by atoms with Crippen molar-refractivity contribution in [1.29, 1.82) is 0 Å². The number of allylic oxidation sites excluding steroid dienone is 2. The molecule has 0 saturated heterocycles. The first-order chi connectivity index (χ1) is 8.75. The van der Waals surface area contributed by atoms with E-state index >= 15 is 0 Å². The number of Topliss-reactive ketones (excluding diaryl/α,β-unsaturated/α-hetero) is 1. The van der Waals surface area contributed by atoms with Crippen LogP contribution in [-0.4, -0.2) is 17.2 Å². The smallest absolute Gasteiger partial charge is 0.198 e. The fraction of sp³-hybridized carbons (Fsp3) is 0.400. The molecule has 1 aromatic carbocycles. The Labute approximate surface area is 106 Å². The van der Waals surface area contributed by atoms with Crippen molar-refractivity contribution in [3.63, 3.8) is 0 Å². The molecular formula is C15H16O3. The molecule has 94 valence electrons. The number of hydrogen-bond donors (Lipinski definition) is 1. The highest BCUT2D eigenvalue weighted by atomic mass is 16.6. The van der Waals surface area contributed by atoms with Gasteiger partial charge in [-0.15, -0.1) is 0 Å².